The van der Waals surface area contributed by atoms with Crippen LogP contribution in [0.2, 0.25) is 0 Å². The van der Waals surface area contributed by atoms with E-state index < -0.39 is 31.7 Å². The van der Waals surface area contributed by atoms with Gasteiger partial charge >= 0.3 is 6.09 Å². The van der Waals surface area contributed by atoms with E-state index in [1.54, 1.807) is 19.1 Å². The fourth-order valence-electron chi connectivity index (χ4n) is 4.36. The Morgan fingerprint density at radius 2 is 1.84 bits per heavy atom. The van der Waals surface area contributed by atoms with Crippen LogP contribution in [0.4, 0.5) is 16.2 Å². The molecule has 0 spiro atoms. The number of anilines is 1. The van der Waals surface area contributed by atoms with Gasteiger partial charge in [-0.05, 0) is 50.7 Å². The average molecular weight is 462 g/mol. The van der Waals surface area contributed by atoms with Gasteiger partial charge in [0.1, 0.15) is 5.69 Å². The molecule has 9 nitrogen and oxygen atoms in total. The highest BCUT2D eigenvalue weighted by molar-refractivity contribution is 7.93. The number of nitrogens with zero attached hydrogens (tertiary/aromatic N) is 1. The van der Waals surface area contributed by atoms with Crippen molar-refractivity contribution in [2.24, 2.45) is 11.1 Å². The van der Waals surface area contributed by atoms with E-state index in [1.807, 2.05) is 30.3 Å². The van der Waals surface area contributed by atoms with Crippen molar-refractivity contribution in [1.82, 2.24) is 0 Å². The number of nitro benzene ring substituents is 1. The molecule has 1 saturated carbocycles. The van der Waals surface area contributed by atoms with Crippen molar-refractivity contribution >= 4 is 27.5 Å². The van der Waals surface area contributed by atoms with Crippen molar-refractivity contribution in [2.75, 3.05) is 11.3 Å². The largest absolute Gasteiger partial charge is 0.449 e. The molecule has 3 N–H and O–H groups in total. The lowest BCUT2D eigenvalue weighted by Gasteiger charge is -2.39. The number of primary amides is 1. The Balaban J connectivity index is 1.76. The number of aryl methyl sites for hydroxylation is 1. The third-order valence-corrected chi connectivity index (χ3v) is 7.90. The fourth-order valence-corrected chi connectivity index (χ4v) is 5.85. The van der Waals surface area contributed by atoms with Crippen LogP contribution in [-0.2, 0) is 21.2 Å². The molecule has 1 amide bonds. The van der Waals surface area contributed by atoms with E-state index in [-0.39, 0.29) is 18.0 Å². The van der Waals surface area contributed by atoms with Gasteiger partial charge in [-0.1, -0.05) is 42.5 Å². The number of para-hydroxylation sites is 1. The Bertz CT molecular complexity index is 1080. The van der Waals surface area contributed by atoms with Gasteiger partial charge < -0.3 is 10.5 Å². The number of nitro groups is 1. The Hall–Kier alpha value is -3.14. The number of nitrogens with one attached hydrogen (secondary N) is 1. The molecule has 3 rings (SSSR count). The van der Waals surface area contributed by atoms with Crippen LogP contribution in [-0.4, -0.2) is 31.3 Å². The number of carbonyl (C=O) groups is 1. The topological polar surface area (TPSA) is 142 Å². The predicted octanol–water partition coefficient (Wildman–Crippen LogP) is 3.91. The Morgan fingerprint density at radius 3 is 2.44 bits per heavy atom. The smallest absolute Gasteiger partial charge is 0.404 e. The first-order valence-corrected chi connectivity index (χ1v) is 11.9. The van der Waals surface area contributed by atoms with Gasteiger partial charge in [-0.15, -0.1) is 0 Å². The zero-order valence-electron chi connectivity index (χ0n) is 17.8. The molecular weight excluding hydrogens is 434 g/mol. The van der Waals surface area contributed by atoms with Gasteiger partial charge in [-0.2, -0.15) is 0 Å². The SMILES string of the molecule is Cc1cccc(NS(=O)(=O)C2CCC(COC(N)=O)(Cc3ccccc3)CC2)c1[N+](=O)[O-]. The molecule has 0 radical (unpaired) electrons. The molecule has 0 aliphatic heterocycles. The van der Waals surface area contributed by atoms with Crippen molar-refractivity contribution in [3.05, 3.63) is 69.8 Å². The molecule has 0 aromatic heterocycles. The van der Waals surface area contributed by atoms with Crippen molar-refractivity contribution in [3.8, 4) is 0 Å². The lowest BCUT2D eigenvalue weighted by atomic mass is 9.71. The van der Waals surface area contributed by atoms with Crippen LogP contribution in [0.1, 0.15) is 36.8 Å². The van der Waals surface area contributed by atoms with E-state index in [1.165, 1.54) is 6.07 Å². The molecule has 0 unspecified atom stereocenters. The molecule has 1 fully saturated rings. The van der Waals surface area contributed by atoms with Crippen LogP contribution in [0.15, 0.2) is 48.5 Å². The maximum atomic E-state index is 13.0. The molecule has 32 heavy (non-hydrogen) atoms. The summed E-state index contributed by atoms with van der Waals surface area (Å²) in [5.41, 5.74) is 5.91. The Morgan fingerprint density at radius 1 is 1.19 bits per heavy atom. The zero-order chi connectivity index (χ0) is 23.4. The molecular formula is C22H27N3O6S. The first-order valence-electron chi connectivity index (χ1n) is 10.3. The molecule has 0 bridgehead atoms. The van der Waals surface area contributed by atoms with Crippen LogP contribution in [0.25, 0.3) is 0 Å². The van der Waals surface area contributed by atoms with Crippen LogP contribution in [0.3, 0.4) is 0 Å². The van der Waals surface area contributed by atoms with Crippen LogP contribution < -0.4 is 10.5 Å². The minimum absolute atomic E-state index is 0.0341. The minimum Gasteiger partial charge on any atom is -0.449 e. The van der Waals surface area contributed by atoms with Gasteiger partial charge in [-0.25, -0.2) is 13.2 Å². The van der Waals surface area contributed by atoms with Gasteiger partial charge in [0.25, 0.3) is 5.69 Å². The number of sulfonamides is 1. The fraction of sp³-hybridized carbons (Fsp3) is 0.409. The summed E-state index contributed by atoms with van der Waals surface area (Å²) in [6.45, 7) is 1.67. The van der Waals surface area contributed by atoms with Crippen LogP contribution in [0, 0.1) is 22.5 Å². The van der Waals surface area contributed by atoms with Crippen molar-refractivity contribution < 1.29 is 22.9 Å². The predicted molar refractivity (Wildman–Crippen MR) is 121 cm³/mol. The van der Waals surface area contributed by atoms with Crippen LogP contribution in [0.5, 0.6) is 0 Å². The molecule has 1 aliphatic carbocycles. The Labute approximate surface area is 187 Å². The van der Waals surface area contributed by atoms with Gasteiger partial charge in [0.05, 0.1) is 16.8 Å². The highest BCUT2D eigenvalue weighted by Crippen LogP contribution is 2.42. The summed E-state index contributed by atoms with van der Waals surface area (Å²) in [6.07, 6.45) is 1.46. The molecule has 2 aromatic carbocycles. The highest BCUT2D eigenvalue weighted by atomic mass is 32.2. The van der Waals surface area contributed by atoms with Gasteiger partial charge in [0.2, 0.25) is 10.0 Å². The van der Waals surface area contributed by atoms with Crippen molar-refractivity contribution in [3.63, 3.8) is 0 Å². The van der Waals surface area contributed by atoms with Crippen molar-refractivity contribution in [1.29, 1.82) is 0 Å². The number of nitrogens with two attached hydrogens (primary N) is 1. The normalized spacial score (nSPS) is 21.0. The van der Waals surface area contributed by atoms with Gasteiger partial charge in [-0.3, -0.25) is 14.8 Å². The summed E-state index contributed by atoms with van der Waals surface area (Å²) in [6, 6.07) is 14.3. The number of amides is 1. The number of carbonyl (C=O) groups excluding carboxylic acids is 1. The van der Waals surface area contributed by atoms with E-state index >= 15 is 0 Å². The summed E-state index contributed by atoms with van der Waals surface area (Å²) >= 11 is 0. The van der Waals surface area contributed by atoms with Gasteiger partial charge in [0.15, 0.2) is 0 Å². The summed E-state index contributed by atoms with van der Waals surface area (Å²) in [5.74, 6) is 0. The van der Waals surface area contributed by atoms with E-state index in [9.17, 15) is 23.3 Å². The van der Waals surface area contributed by atoms with Gasteiger partial charge in [0, 0.05) is 11.0 Å². The highest BCUT2D eigenvalue weighted by Gasteiger charge is 2.41. The number of hydrogen-bond donors (Lipinski definition) is 2. The first kappa shape index (κ1) is 23.5. The van der Waals surface area contributed by atoms with E-state index in [0.29, 0.717) is 37.7 Å². The molecule has 2 aromatic rings. The maximum absolute atomic E-state index is 13.0. The Kier molecular flexibility index (Phi) is 7.02. The second kappa shape index (κ2) is 9.56. The minimum atomic E-state index is -3.85. The van der Waals surface area contributed by atoms with E-state index in [0.717, 1.165) is 5.56 Å². The summed E-state index contributed by atoms with van der Waals surface area (Å²) in [7, 11) is -3.85. The second-order valence-corrected chi connectivity index (χ2v) is 10.3. The van der Waals surface area contributed by atoms with E-state index in [4.69, 9.17) is 10.5 Å². The van der Waals surface area contributed by atoms with Crippen LogP contribution >= 0.6 is 0 Å². The lowest BCUT2D eigenvalue weighted by Crippen LogP contribution is -2.40. The average Bonchev–Trinajstić information content (AvgIpc) is 2.73. The summed E-state index contributed by atoms with van der Waals surface area (Å²) in [4.78, 5) is 22.0. The lowest BCUT2D eigenvalue weighted by molar-refractivity contribution is -0.384. The molecule has 0 saturated heterocycles. The summed E-state index contributed by atoms with van der Waals surface area (Å²) in [5, 5.41) is 10.7. The van der Waals surface area contributed by atoms with E-state index in [2.05, 4.69) is 4.72 Å². The molecule has 0 atom stereocenters. The molecule has 10 heteroatoms. The van der Waals surface area contributed by atoms with Crippen molar-refractivity contribution in [2.45, 2.75) is 44.3 Å². The number of ether oxygens (including phenoxy) is 1. The second-order valence-electron chi connectivity index (χ2n) is 8.34. The number of rotatable bonds is 8. The standard InChI is InChI=1S/C22H27N3O6S/c1-16-6-5-9-19(20(16)25(27)28)24-32(29,30)18-10-12-22(13-11-18,15-31-21(23)26)14-17-7-3-2-4-8-17/h2-9,18,24H,10-15H2,1H3,(H2,23,26). The quantitative estimate of drug-likeness (QED) is 0.451. The zero-order valence-corrected chi connectivity index (χ0v) is 18.6. The number of hydrogen-bond acceptors (Lipinski definition) is 6. The monoisotopic (exact) mass is 461 g/mol. The summed E-state index contributed by atoms with van der Waals surface area (Å²) < 4.78 is 33.6. The molecule has 1 aliphatic rings. The third kappa shape index (κ3) is 5.56. The first-order chi connectivity index (χ1) is 15.1. The maximum Gasteiger partial charge on any atom is 0.404 e. The third-order valence-electron chi connectivity index (χ3n) is 6.05. The molecule has 172 valence electrons. The molecule has 0 heterocycles. The number of benzene rings is 2.